The average Bonchev–Trinajstić information content (AvgIpc) is 3.28. The van der Waals surface area contributed by atoms with Crippen LogP contribution in [-0.2, 0) is 9.59 Å². The van der Waals surface area contributed by atoms with Gasteiger partial charge in [0.15, 0.2) is 3.77 Å². The van der Waals surface area contributed by atoms with Gasteiger partial charge in [-0.2, -0.15) is 10.1 Å². The summed E-state index contributed by atoms with van der Waals surface area (Å²) in [7, 11) is 0. The van der Waals surface area contributed by atoms with Gasteiger partial charge in [0.25, 0.3) is 11.8 Å². The van der Waals surface area contributed by atoms with Gasteiger partial charge in [0, 0.05) is 11.8 Å². The van der Waals surface area contributed by atoms with E-state index in [-0.39, 0.29) is 23.7 Å². The number of halogens is 1. The molecule has 142 valence electrons. The van der Waals surface area contributed by atoms with Crippen LogP contribution in [0.15, 0.2) is 70.2 Å². The maximum Gasteiger partial charge on any atom is 0.254 e. The van der Waals surface area contributed by atoms with Gasteiger partial charge < -0.3 is 4.42 Å². The van der Waals surface area contributed by atoms with Crippen LogP contribution >= 0.6 is 22.6 Å². The summed E-state index contributed by atoms with van der Waals surface area (Å²) in [6.45, 7) is 0. The first-order valence-corrected chi connectivity index (χ1v) is 10.6. The number of carbonyl (C=O) groups excluding carboxylic acids is 2. The van der Waals surface area contributed by atoms with Crippen molar-refractivity contribution < 1.29 is 14.0 Å². The quantitative estimate of drug-likeness (QED) is 0.306. The third-order valence-corrected chi connectivity index (χ3v) is 6.90. The standard InChI is InChI=1S/C23H15IN2O3/c24-17-10-9-12(29-17)11-25-26-22(27)20-18-13-5-1-2-6-14(13)19(21(20)23(26)28)16-8-4-3-7-15(16)18/h1-11,18-21H/b25-11-/t18?,19?,20-,21+. The van der Waals surface area contributed by atoms with E-state index in [9.17, 15) is 9.59 Å². The minimum Gasteiger partial charge on any atom is -0.449 e. The van der Waals surface area contributed by atoms with Gasteiger partial charge in [0.2, 0.25) is 0 Å². The van der Waals surface area contributed by atoms with E-state index in [4.69, 9.17) is 4.42 Å². The highest BCUT2D eigenvalue weighted by Gasteiger charge is 2.61. The van der Waals surface area contributed by atoms with Gasteiger partial charge >= 0.3 is 0 Å². The third kappa shape index (κ3) is 2.29. The molecule has 1 fully saturated rings. The Hall–Kier alpha value is -2.74. The highest BCUT2D eigenvalue weighted by molar-refractivity contribution is 14.1. The molecule has 29 heavy (non-hydrogen) atoms. The van der Waals surface area contributed by atoms with Crippen LogP contribution in [0.25, 0.3) is 0 Å². The number of benzene rings is 2. The molecule has 3 aromatic rings. The molecule has 7 rings (SSSR count). The van der Waals surface area contributed by atoms with E-state index in [0.717, 1.165) is 31.0 Å². The second kappa shape index (κ2) is 6.13. The molecule has 2 bridgehead atoms. The summed E-state index contributed by atoms with van der Waals surface area (Å²) in [6.07, 6.45) is 1.44. The number of imide groups is 1. The number of amides is 2. The van der Waals surface area contributed by atoms with Gasteiger partial charge in [0.1, 0.15) is 5.76 Å². The van der Waals surface area contributed by atoms with E-state index < -0.39 is 11.8 Å². The lowest BCUT2D eigenvalue weighted by Crippen LogP contribution is -2.41. The van der Waals surface area contributed by atoms with Crippen molar-refractivity contribution in [3.63, 3.8) is 0 Å². The molecule has 2 amide bonds. The summed E-state index contributed by atoms with van der Waals surface area (Å²) in [5, 5.41) is 5.29. The van der Waals surface area contributed by atoms with Crippen LogP contribution in [0.3, 0.4) is 0 Å². The lowest BCUT2D eigenvalue weighted by molar-refractivity contribution is -0.139. The van der Waals surface area contributed by atoms with Crippen molar-refractivity contribution in [2.75, 3.05) is 0 Å². The largest absolute Gasteiger partial charge is 0.449 e. The zero-order valence-corrected chi connectivity index (χ0v) is 17.3. The zero-order chi connectivity index (χ0) is 19.7. The fraction of sp³-hybridized carbons (Fsp3) is 0.174. The number of hydrogen-bond acceptors (Lipinski definition) is 4. The van der Waals surface area contributed by atoms with Crippen molar-refractivity contribution >= 4 is 40.6 Å². The first-order valence-electron chi connectivity index (χ1n) is 9.50. The summed E-state index contributed by atoms with van der Waals surface area (Å²) >= 11 is 2.06. The van der Waals surface area contributed by atoms with Crippen LogP contribution in [0.4, 0.5) is 0 Å². The van der Waals surface area contributed by atoms with Crippen LogP contribution in [0.5, 0.6) is 0 Å². The number of hydrazone groups is 1. The molecule has 4 aliphatic rings. The molecular weight excluding hydrogens is 479 g/mol. The molecule has 0 saturated carbocycles. The van der Waals surface area contributed by atoms with Crippen LogP contribution in [0, 0.1) is 15.6 Å². The van der Waals surface area contributed by atoms with Gasteiger partial charge in [-0.25, -0.2) is 0 Å². The molecule has 1 aliphatic heterocycles. The Balaban J connectivity index is 1.47. The molecule has 5 nitrogen and oxygen atoms in total. The van der Waals surface area contributed by atoms with E-state index in [0.29, 0.717) is 5.76 Å². The maximum atomic E-state index is 13.3. The van der Waals surface area contributed by atoms with Crippen LogP contribution in [-0.4, -0.2) is 23.0 Å². The zero-order valence-electron chi connectivity index (χ0n) is 15.2. The predicted octanol–water partition coefficient (Wildman–Crippen LogP) is 4.11. The molecule has 2 aromatic carbocycles. The van der Waals surface area contributed by atoms with Gasteiger partial charge in [0.05, 0.1) is 18.1 Å². The predicted molar refractivity (Wildman–Crippen MR) is 114 cm³/mol. The lowest BCUT2D eigenvalue weighted by Gasteiger charge is -2.45. The molecule has 0 radical (unpaired) electrons. The molecule has 0 spiro atoms. The van der Waals surface area contributed by atoms with Crippen LogP contribution < -0.4 is 0 Å². The Morgan fingerprint density at radius 1 is 0.793 bits per heavy atom. The molecule has 1 aromatic heterocycles. The van der Waals surface area contributed by atoms with Crippen LogP contribution in [0.1, 0.15) is 39.8 Å². The molecule has 0 N–H and O–H groups in total. The minimum absolute atomic E-state index is 0.112. The third-order valence-electron chi connectivity index (χ3n) is 6.32. The average molecular weight is 494 g/mol. The second-order valence-corrected chi connectivity index (χ2v) is 8.70. The Kier molecular flexibility index (Phi) is 3.62. The Labute approximate surface area is 180 Å². The van der Waals surface area contributed by atoms with E-state index in [1.54, 1.807) is 6.07 Å². The van der Waals surface area contributed by atoms with Gasteiger partial charge in [-0.15, -0.1) is 0 Å². The monoisotopic (exact) mass is 494 g/mol. The molecule has 0 unspecified atom stereocenters. The first-order chi connectivity index (χ1) is 14.1. The first kappa shape index (κ1) is 17.1. The Bertz CT molecular complexity index is 1100. The number of carbonyl (C=O) groups is 2. The van der Waals surface area contributed by atoms with Crippen molar-refractivity contribution in [1.82, 2.24) is 5.01 Å². The van der Waals surface area contributed by atoms with E-state index in [2.05, 4.69) is 52.0 Å². The van der Waals surface area contributed by atoms with Gasteiger partial charge in [-0.1, -0.05) is 48.5 Å². The van der Waals surface area contributed by atoms with E-state index in [1.165, 1.54) is 6.21 Å². The highest BCUT2D eigenvalue weighted by Crippen LogP contribution is 2.60. The van der Waals surface area contributed by atoms with Crippen molar-refractivity contribution in [3.05, 3.63) is 92.4 Å². The fourth-order valence-electron chi connectivity index (χ4n) is 5.29. The Morgan fingerprint density at radius 2 is 1.28 bits per heavy atom. The Morgan fingerprint density at radius 3 is 1.69 bits per heavy atom. The fourth-order valence-corrected chi connectivity index (χ4v) is 5.72. The summed E-state index contributed by atoms with van der Waals surface area (Å²) < 4.78 is 6.20. The lowest BCUT2D eigenvalue weighted by atomic mass is 9.55. The number of rotatable bonds is 2. The summed E-state index contributed by atoms with van der Waals surface area (Å²) in [4.78, 5) is 26.7. The molecule has 3 aliphatic carbocycles. The molecular formula is C23H15IN2O3. The SMILES string of the molecule is O=C1[C@@H]2C3c4ccccc4C(c4ccccc43)[C@@H]2C(=O)N1/N=C\c1ccc(I)o1. The number of nitrogens with zero attached hydrogens (tertiary/aromatic N) is 2. The molecule has 6 heteroatoms. The number of furan rings is 1. The van der Waals surface area contributed by atoms with Crippen molar-refractivity contribution in [2.45, 2.75) is 11.8 Å². The van der Waals surface area contributed by atoms with Gasteiger partial charge in [-0.05, 0) is 57.0 Å². The topological polar surface area (TPSA) is 62.9 Å². The highest BCUT2D eigenvalue weighted by atomic mass is 127. The molecule has 2 atom stereocenters. The van der Waals surface area contributed by atoms with Crippen molar-refractivity contribution in [1.29, 1.82) is 0 Å². The van der Waals surface area contributed by atoms with Crippen LogP contribution in [0.2, 0.25) is 0 Å². The number of hydrogen-bond donors (Lipinski definition) is 0. The van der Waals surface area contributed by atoms with E-state index in [1.807, 2.05) is 30.3 Å². The van der Waals surface area contributed by atoms with Crippen molar-refractivity contribution in [3.8, 4) is 0 Å². The second-order valence-electron chi connectivity index (χ2n) is 7.64. The smallest absolute Gasteiger partial charge is 0.254 e. The maximum absolute atomic E-state index is 13.3. The summed E-state index contributed by atoms with van der Waals surface area (Å²) in [5.74, 6) is -0.984. The molecule has 2 heterocycles. The normalized spacial score (nSPS) is 26.7. The van der Waals surface area contributed by atoms with Gasteiger partial charge in [-0.3, -0.25) is 9.59 Å². The minimum atomic E-state index is -0.411. The summed E-state index contributed by atoms with van der Waals surface area (Å²) in [5.41, 5.74) is 4.63. The molecule has 1 saturated heterocycles. The summed E-state index contributed by atoms with van der Waals surface area (Å²) in [6, 6.07) is 20.0. The van der Waals surface area contributed by atoms with E-state index >= 15 is 0 Å². The van der Waals surface area contributed by atoms with Crippen molar-refractivity contribution in [2.24, 2.45) is 16.9 Å².